The Kier molecular flexibility index (Phi) is 6.52. The Hall–Kier alpha value is -1.47. The highest BCUT2D eigenvalue weighted by Gasteiger charge is 2.22. The van der Waals surface area contributed by atoms with E-state index in [0.717, 1.165) is 35.7 Å². The summed E-state index contributed by atoms with van der Waals surface area (Å²) in [6, 6.07) is 5.72. The second-order valence-electron chi connectivity index (χ2n) is 5.90. The molecule has 1 heterocycles. The Morgan fingerprint density at radius 2 is 2.07 bits per heavy atom. The molecule has 0 bridgehead atoms. The molecule has 27 heavy (non-hydrogen) atoms. The lowest BCUT2D eigenvalue weighted by Crippen LogP contribution is -2.34. The number of thiocarbonyl (C=S) groups is 1. The fraction of sp³-hybridized carbons (Fsp3) is 0.278. The molecule has 1 aliphatic rings. The van der Waals surface area contributed by atoms with E-state index in [9.17, 15) is 10.1 Å². The van der Waals surface area contributed by atoms with Crippen molar-refractivity contribution in [2.45, 2.75) is 25.7 Å². The van der Waals surface area contributed by atoms with Gasteiger partial charge in [0.25, 0.3) is 5.91 Å². The van der Waals surface area contributed by atoms with Crippen molar-refractivity contribution in [3.05, 3.63) is 42.6 Å². The van der Waals surface area contributed by atoms with Crippen LogP contribution in [0.3, 0.4) is 0 Å². The van der Waals surface area contributed by atoms with E-state index >= 15 is 0 Å². The Morgan fingerprint density at radius 3 is 2.78 bits per heavy atom. The van der Waals surface area contributed by atoms with E-state index in [1.807, 2.05) is 0 Å². The van der Waals surface area contributed by atoms with Crippen LogP contribution in [0.15, 0.2) is 21.1 Å². The van der Waals surface area contributed by atoms with E-state index in [1.165, 1.54) is 23.3 Å². The molecule has 1 aromatic carbocycles. The fourth-order valence-corrected chi connectivity index (χ4v) is 5.90. The number of carbonyl (C=O) groups is 1. The number of nitrogens with one attached hydrogen (secondary N) is 2. The predicted molar refractivity (Wildman–Crippen MR) is 118 cm³/mol. The number of nitriles is 1. The number of halogens is 2. The molecule has 1 amide bonds. The van der Waals surface area contributed by atoms with Crippen molar-refractivity contribution in [1.82, 2.24) is 5.32 Å². The van der Waals surface area contributed by atoms with Gasteiger partial charge in [0.05, 0.1) is 22.7 Å². The summed E-state index contributed by atoms with van der Waals surface area (Å²) in [6.45, 7) is 0. The first-order chi connectivity index (χ1) is 12.9. The van der Waals surface area contributed by atoms with Crippen LogP contribution >= 0.6 is 55.4 Å². The van der Waals surface area contributed by atoms with Gasteiger partial charge < -0.3 is 10.1 Å². The maximum absolute atomic E-state index is 12.7. The number of aryl methyl sites for hydroxylation is 1. The Bertz CT molecular complexity index is 966. The van der Waals surface area contributed by atoms with Crippen LogP contribution in [-0.2, 0) is 12.8 Å². The van der Waals surface area contributed by atoms with Crippen LogP contribution in [-0.4, -0.2) is 18.1 Å². The van der Waals surface area contributed by atoms with E-state index in [2.05, 4.69) is 48.6 Å². The minimum absolute atomic E-state index is 0.147. The Labute approximate surface area is 183 Å². The maximum atomic E-state index is 12.7. The van der Waals surface area contributed by atoms with Gasteiger partial charge in [-0.1, -0.05) is 15.9 Å². The number of hydrogen-bond donors (Lipinski definition) is 2. The number of thiophene rings is 1. The number of rotatable bonds is 3. The molecule has 0 unspecified atom stereocenters. The summed E-state index contributed by atoms with van der Waals surface area (Å²) in [4.78, 5) is 13.9. The number of nitrogens with zero attached hydrogens (tertiary/aromatic N) is 1. The average molecular weight is 529 g/mol. The zero-order valence-electron chi connectivity index (χ0n) is 14.3. The fourth-order valence-electron chi connectivity index (χ4n) is 3.01. The third-order valence-electron chi connectivity index (χ3n) is 4.19. The second kappa shape index (κ2) is 8.69. The summed E-state index contributed by atoms with van der Waals surface area (Å²) < 4.78 is 6.70. The average Bonchev–Trinajstić information content (AvgIpc) is 2.97. The first-order valence-corrected chi connectivity index (χ1v) is 11.0. The Morgan fingerprint density at radius 1 is 1.33 bits per heavy atom. The maximum Gasteiger partial charge on any atom is 0.261 e. The molecule has 0 saturated heterocycles. The highest BCUT2D eigenvalue weighted by Crippen LogP contribution is 2.37. The van der Waals surface area contributed by atoms with Crippen molar-refractivity contribution in [3.63, 3.8) is 0 Å². The molecular formula is C18H15Br2N3O2S2. The summed E-state index contributed by atoms with van der Waals surface area (Å²) in [5, 5.41) is 16.0. The van der Waals surface area contributed by atoms with Gasteiger partial charge >= 0.3 is 0 Å². The lowest BCUT2D eigenvalue weighted by molar-refractivity contribution is 0.0974. The van der Waals surface area contributed by atoms with Gasteiger partial charge in [0.1, 0.15) is 16.8 Å². The minimum Gasteiger partial charge on any atom is -0.495 e. The van der Waals surface area contributed by atoms with Crippen LogP contribution in [0.2, 0.25) is 0 Å². The number of hydrogen-bond acceptors (Lipinski definition) is 5. The van der Waals surface area contributed by atoms with E-state index in [1.54, 1.807) is 12.1 Å². The lowest BCUT2D eigenvalue weighted by Gasteiger charge is -2.13. The number of methoxy groups -OCH3 is 1. The molecule has 2 aromatic rings. The molecule has 0 fully saturated rings. The van der Waals surface area contributed by atoms with Gasteiger partial charge in [-0.25, -0.2) is 0 Å². The van der Waals surface area contributed by atoms with Crippen molar-refractivity contribution in [2.75, 3.05) is 12.4 Å². The van der Waals surface area contributed by atoms with Crippen molar-refractivity contribution >= 4 is 71.4 Å². The molecule has 1 aromatic heterocycles. The summed E-state index contributed by atoms with van der Waals surface area (Å²) in [6.07, 6.45) is 4.13. The van der Waals surface area contributed by atoms with Gasteiger partial charge in [0.2, 0.25) is 0 Å². The van der Waals surface area contributed by atoms with Gasteiger partial charge in [-0.3, -0.25) is 10.1 Å². The molecule has 2 N–H and O–H groups in total. The van der Waals surface area contributed by atoms with Gasteiger partial charge in [0, 0.05) is 9.35 Å². The molecule has 0 spiro atoms. The second-order valence-corrected chi connectivity index (χ2v) is 9.19. The van der Waals surface area contributed by atoms with Gasteiger partial charge in [-0.2, -0.15) is 5.26 Å². The third kappa shape index (κ3) is 4.35. The first-order valence-electron chi connectivity index (χ1n) is 8.14. The van der Waals surface area contributed by atoms with Gasteiger partial charge in [-0.05, 0) is 71.5 Å². The van der Waals surface area contributed by atoms with Crippen LogP contribution in [0.1, 0.15) is 39.2 Å². The number of amides is 1. The molecular weight excluding hydrogens is 514 g/mol. The van der Waals surface area contributed by atoms with Crippen LogP contribution < -0.4 is 15.4 Å². The van der Waals surface area contributed by atoms with Crippen molar-refractivity contribution in [1.29, 1.82) is 5.26 Å². The molecule has 0 atom stereocenters. The molecule has 1 aliphatic carbocycles. The number of benzene rings is 1. The van der Waals surface area contributed by atoms with Crippen LogP contribution in [0.25, 0.3) is 0 Å². The molecule has 0 saturated carbocycles. The lowest BCUT2D eigenvalue weighted by atomic mass is 9.96. The molecule has 0 radical (unpaired) electrons. The largest absolute Gasteiger partial charge is 0.495 e. The molecule has 0 aliphatic heterocycles. The highest BCUT2D eigenvalue weighted by molar-refractivity contribution is 9.11. The zero-order valence-corrected chi connectivity index (χ0v) is 19.1. The highest BCUT2D eigenvalue weighted by atomic mass is 79.9. The van der Waals surface area contributed by atoms with E-state index in [4.69, 9.17) is 17.0 Å². The number of anilines is 1. The first kappa shape index (κ1) is 20.3. The smallest absolute Gasteiger partial charge is 0.261 e. The van der Waals surface area contributed by atoms with Crippen LogP contribution in [0.4, 0.5) is 5.00 Å². The predicted octanol–water partition coefficient (Wildman–Crippen LogP) is 5.16. The normalized spacial score (nSPS) is 12.7. The number of carbonyl (C=O) groups excluding carboxylic acids is 1. The summed E-state index contributed by atoms with van der Waals surface area (Å²) >= 11 is 13.6. The monoisotopic (exact) mass is 527 g/mol. The van der Waals surface area contributed by atoms with E-state index in [0.29, 0.717) is 26.4 Å². The molecule has 9 heteroatoms. The SMILES string of the molecule is COc1c(Br)cc(Br)cc1C(=O)NC(=S)Nc1sc2c(c1C#N)CCCC2. The van der Waals surface area contributed by atoms with E-state index in [-0.39, 0.29) is 5.11 Å². The van der Waals surface area contributed by atoms with Crippen molar-refractivity contribution < 1.29 is 9.53 Å². The van der Waals surface area contributed by atoms with Crippen molar-refractivity contribution in [2.24, 2.45) is 0 Å². The van der Waals surface area contributed by atoms with Crippen LogP contribution in [0.5, 0.6) is 5.75 Å². The summed E-state index contributed by atoms with van der Waals surface area (Å²) in [7, 11) is 1.50. The van der Waals surface area contributed by atoms with Crippen LogP contribution in [0, 0.1) is 11.3 Å². The number of ether oxygens (including phenoxy) is 1. The molecule has 5 nitrogen and oxygen atoms in total. The van der Waals surface area contributed by atoms with Gasteiger partial charge in [-0.15, -0.1) is 11.3 Å². The summed E-state index contributed by atoms with van der Waals surface area (Å²) in [5.74, 6) is 0.0222. The minimum atomic E-state index is -0.397. The Balaban J connectivity index is 1.78. The van der Waals surface area contributed by atoms with E-state index < -0.39 is 5.91 Å². The number of fused-ring (bicyclic) bond motifs is 1. The zero-order chi connectivity index (χ0) is 19.6. The van der Waals surface area contributed by atoms with Gasteiger partial charge in [0.15, 0.2) is 5.11 Å². The standard InChI is InChI=1S/C18H15Br2N3O2S2/c1-25-15-11(6-9(19)7-13(15)20)16(24)22-18(26)23-17-12(8-21)10-4-2-3-5-14(10)27-17/h6-7H,2-5H2,1H3,(H2,22,23,24,26). The quantitative estimate of drug-likeness (QED) is 0.538. The summed E-state index contributed by atoms with van der Waals surface area (Å²) in [5.41, 5.74) is 2.09. The molecule has 3 rings (SSSR count). The molecule has 140 valence electrons. The third-order valence-corrected chi connectivity index (χ3v) is 6.65. The topological polar surface area (TPSA) is 74.2 Å². The van der Waals surface area contributed by atoms with Crippen molar-refractivity contribution in [3.8, 4) is 11.8 Å².